The minimum absolute atomic E-state index is 0.106. The normalized spacial score (nSPS) is 11.5. The van der Waals surface area contributed by atoms with Crippen LogP contribution in [0.4, 0.5) is 0 Å². The van der Waals surface area contributed by atoms with Gasteiger partial charge in [0.25, 0.3) is 0 Å². The fraction of sp³-hybridized carbons (Fsp3) is 0.944. The second kappa shape index (κ2) is 51.3. The van der Waals surface area contributed by atoms with Crippen molar-refractivity contribution in [2.24, 2.45) is 0 Å². The maximum Gasteiger partial charge on any atom is 0.307 e. The average Bonchev–Trinajstić information content (AvgIpc) is 3.28. The highest BCUT2D eigenvalue weighted by molar-refractivity contribution is 5.70. The Kier molecular flexibility index (Phi) is 49.9. The van der Waals surface area contributed by atoms with Crippen LogP contribution < -0.4 is 0 Å². The van der Waals surface area contributed by atoms with Crippen molar-refractivity contribution in [3.63, 3.8) is 0 Å². The molecule has 0 fully saturated rings. The molecule has 0 heterocycles. The van der Waals surface area contributed by atoms with Crippen LogP contribution in [0, 0.1) is 0 Å². The molecule has 0 saturated heterocycles. The van der Waals surface area contributed by atoms with E-state index in [1.54, 1.807) is 0 Å². The molecule has 0 aromatic carbocycles. The lowest BCUT2D eigenvalue weighted by atomic mass is 10.1. The van der Waals surface area contributed by atoms with E-state index in [2.05, 4.69) is 30.6 Å². The Morgan fingerprint density at radius 2 is 0.524 bits per heavy atom. The van der Waals surface area contributed by atoms with Gasteiger partial charge in [-0.1, -0.05) is 213 Å². The molecule has 0 unspecified atom stereocenters. The van der Waals surface area contributed by atoms with E-state index in [0.717, 1.165) is 58.0 Å². The lowest BCUT2D eigenvalue weighted by Crippen LogP contribution is -2.34. The number of hydrogen-bond acceptors (Lipinski definition) is 9. The number of aliphatic hydroxyl groups excluding tert-OH is 1. The molecule has 374 valence electrons. The number of unbranched alkanes of at least 4 members (excludes halogenated alkanes) is 30. The zero-order valence-electron chi connectivity index (χ0n) is 42.2. The van der Waals surface area contributed by atoms with Gasteiger partial charge in [0, 0.05) is 32.8 Å². The third-order valence-corrected chi connectivity index (χ3v) is 12.5. The molecule has 0 aliphatic carbocycles. The van der Waals surface area contributed by atoms with Crippen molar-refractivity contribution in [2.75, 3.05) is 65.7 Å². The Bertz CT molecular complexity index is 922. The van der Waals surface area contributed by atoms with Crippen LogP contribution in [0.1, 0.15) is 265 Å². The predicted molar refractivity (Wildman–Crippen MR) is 265 cm³/mol. The SMILES string of the molecule is CCCCCCCCCCCCCOC(=O)CCN(CCCO)CCCN(CCC(=O)OCCCCCCCCCCCCC)CCC(=O)OCCCCCCCCCCCCC. The van der Waals surface area contributed by atoms with Gasteiger partial charge in [-0.15, -0.1) is 0 Å². The van der Waals surface area contributed by atoms with Crippen molar-refractivity contribution in [1.29, 1.82) is 0 Å². The largest absolute Gasteiger partial charge is 0.466 e. The lowest BCUT2D eigenvalue weighted by molar-refractivity contribution is -0.145. The van der Waals surface area contributed by atoms with E-state index in [1.165, 1.54) is 173 Å². The van der Waals surface area contributed by atoms with Gasteiger partial charge in [0.1, 0.15) is 0 Å². The first-order valence-corrected chi connectivity index (χ1v) is 27.5. The van der Waals surface area contributed by atoms with Crippen LogP contribution in [-0.4, -0.2) is 98.5 Å². The average molecular weight is 895 g/mol. The number of carbonyl (C=O) groups is 3. The minimum atomic E-state index is -0.178. The summed E-state index contributed by atoms with van der Waals surface area (Å²) in [5, 5.41) is 9.55. The molecule has 0 saturated carbocycles. The van der Waals surface area contributed by atoms with Gasteiger partial charge in [-0.05, 0) is 45.2 Å². The number of rotatable bonds is 52. The van der Waals surface area contributed by atoms with Gasteiger partial charge < -0.3 is 29.1 Å². The van der Waals surface area contributed by atoms with Crippen LogP contribution in [0.3, 0.4) is 0 Å². The molecule has 0 rings (SSSR count). The summed E-state index contributed by atoms with van der Waals surface area (Å²) in [6.45, 7) is 12.2. The van der Waals surface area contributed by atoms with E-state index < -0.39 is 0 Å². The number of carbonyl (C=O) groups excluding carboxylic acids is 3. The monoisotopic (exact) mass is 895 g/mol. The van der Waals surface area contributed by atoms with Crippen LogP contribution in [0.25, 0.3) is 0 Å². The van der Waals surface area contributed by atoms with E-state index in [0.29, 0.717) is 71.7 Å². The van der Waals surface area contributed by atoms with Crippen molar-refractivity contribution in [1.82, 2.24) is 9.80 Å². The smallest absolute Gasteiger partial charge is 0.307 e. The Hall–Kier alpha value is -1.71. The summed E-state index contributed by atoms with van der Waals surface area (Å²) < 4.78 is 16.8. The second-order valence-corrected chi connectivity index (χ2v) is 18.6. The van der Waals surface area contributed by atoms with Gasteiger partial charge in [0.05, 0.1) is 39.1 Å². The van der Waals surface area contributed by atoms with Crippen molar-refractivity contribution in [2.45, 2.75) is 265 Å². The van der Waals surface area contributed by atoms with Crippen molar-refractivity contribution in [3.05, 3.63) is 0 Å². The van der Waals surface area contributed by atoms with E-state index >= 15 is 0 Å². The van der Waals surface area contributed by atoms with Crippen LogP contribution in [-0.2, 0) is 28.6 Å². The van der Waals surface area contributed by atoms with Gasteiger partial charge >= 0.3 is 17.9 Å². The Morgan fingerprint density at radius 3 is 0.778 bits per heavy atom. The van der Waals surface area contributed by atoms with Crippen LogP contribution in [0.15, 0.2) is 0 Å². The van der Waals surface area contributed by atoms with Gasteiger partial charge in [-0.3, -0.25) is 14.4 Å². The molecular weight excluding hydrogens is 789 g/mol. The van der Waals surface area contributed by atoms with E-state index in [-0.39, 0.29) is 24.5 Å². The molecule has 9 heteroatoms. The van der Waals surface area contributed by atoms with Crippen LogP contribution in [0.5, 0.6) is 0 Å². The Morgan fingerprint density at radius 1 is 0.302 bits per heavy atom. The Balaban J connectivity index is 4.64. The lowest BCUT2D eigenvalue weighted by Gasteiger charge is -2.25. The fourth-order valence-corrected chi connectivity index (χ4v) is 8.30. The summed E-state index contributed by atoms with van der Waals surface area (Å²) in [6.07, 6.45) is 44.0. The summed E-state index contributed by atoms with van der Waals surface area (Å²) in [5.41, 5.74) is 0. The van der Waals surface area contributed by atoms with Crippen LogP contribution >= 0.6 is 0 Å². The summed E-state index contributed by atoms with van der Waals surface area (Å²) in [5.74, 6) is -0.513. The van der Waals surface area contributed by atoms with Gasteiger partial charge in [0.2, 0.25) is 0 Å². The summed E-state index contributed by atoms with van der Waals surface area (Å²) in [7, 11) is 0. The molecule has 0 radical (unpaired) electrons. The predicted octanol–water partition coefficient (Wildman–Crippen LogP) is 14.1. The highest BCUT2D eigenvalue weighted by Gasteiger charge is 2.15. The molecule has 0 aromatic heterocycles. The zero-order valence-corrected chi connectivity index (χ0v) is 42.2. The first-order chi connectivity index (χ1) is 31.0. The maximum atomic E-state index is 12.7. The van der Waals surface area contributed by atoms with Gasteiger partial charge in [-0.2, -0.15) is 0 Å². The minimum Gasteiger partial charge on any atom is -0.466 e. The topological polar surface area (TPSA) is 106 Å². The molecule has 63 heavy (non-hydrogen) atoms. The van der Waals surface area contributed by atoms with E-state index in [1.807, 2.05) is 0 Å². The molecular formula is C54H106N2O7. The molecule has 1 N–H and O–H groups in total. The number of aliphatic hydroxyl groups is 1. The summed E-state index contributed by atoms with van der Waals surface area (Å²) in [4.78, 5) is 42.5. The molecule has 0 spiro atoms. The Labute approximate surface area is 390 Å². The molecule has 0 aromatic rings. The summed E-state index contributed by atoms with van der Waals surface area (Å²) >= 11 is 0. The van der Waals surface area contributed by atoms with Crippen LogP contribution in [0.2, 0.25) is 0 Å². The third-order valence-electron chi connectivity index (χ3n) is 12.5. The van der Waals surface area contributed by atoms with Crippen molar-refractivity contribution in [3.8, 4) is 0 Å². The zero-order chi connectivity index (χ0) is 45.9. The molecule has 0 atom stereocenters. The highest BCUT2D eigenvalue weighted by atomic mass is 16.5. The molecule has 0 aliphatic rings. The molecule has 0 bridgehead atoms. The summed E-state index contributed by atoms with van der Waals surface area (Å²) in [6, 6.07) is 0. The number of nitrogens with zero attached hydrogens (tertiary/aromatic N) is 2. The standard InChI is InChI=1S/C54H106N2O7/c1-4-7-10-13-16-19-22-25-28-31-34-49-61-52(58)39-45-55(44-38-48-57)42-37-43-56(46-40-53(59)62-50-35-32-29-26-23-20-17-14-11-8-5-2)47-41-54(60)63-51-36-33-30-27-24-21-18-15-12-9-6-3/h57H,4-51H2,1-3H3. The van der Waals surface area contributed by atoms with Gasteiger partial charge in [0.15, 0.2) is 0 Å². The van der Waals surface area contributed by atoms with Gasteiger partial charge in [-0.25, -0.2) is 0 Å². The quantitative estimate of drug-likeness (QED) is 0.0363. The van der Waals surface area contributed by atoms with E-state index in [4.69, 9.17) is 14.2 Å². The number of esters is 3. The second-order valence-electron chi connectivity index (χ2n) is 18.6. The maximum absolute atomic E-state index is 12.7. The number of ether oxygens (including phenoxy) is 3. The van der Waals surface area contributed by atoms with Crippen molar-refractivity contribution < 1.29 is 33.7 Å². The first-order valence-electron chi connectivity index (χ1n) is 27.5. The van der Waals surface area contributed by atoms with E-state index in [9.17, 15) is 19.5 Å². The molecule has 0 amide bonds. The molecule has 0 aliphatic heterocycles. The number of hydrogen-bond donors (Lipinski definition) is 1. The fourth-order valence-electron chi connectivity index (χ4n) is 8.30. The first kappa shape index (κ1) is 61.3. The molecule has 9 nitrogen and oxygen atoms in total. The highest BCUT2D eigenvalue weighted by Crippen LogP contribution is 2.14. The van der Waals surface area contributed by atoms with Crippen molar-refractivity contribution >= 4 is 17.9 Å². The third kappa shape index (κ3) is 48.1.